The Bertz CT molecular complexity index is 761. The van der Waals surface area contributed by atoms with Crippen LogP contribution in [0.2, 0.25) is 0 Å². The van der Waals surface area contributed by atoms with Gasteiger partial charge in [-0.1, -0.05) is 38.5 Å². The Morgan fingerprint density at radius 1 is 1.04 bits per heavy atom. The molecule has 3 rings (SSSR count). The minimum atomic E-state index is -1.22. The van der Waals surface area contributed by atoms with Crippen LogP contribution in [0.1, 0.15) is 92.4 Å². The second-order valence-corrected chi connectivity index (χ2v) is 7.55. The lowest BCUT2D eigenvalue weighted by molar-refractivity contribution is -0.135. The van der Waals surface area contributed by atoms with E-state index in [-0.39, 0.29) is 12.0 Å². The van der Waals surface area contributed by atoms with Gasteiger partial charge in [-0.3, -0.25) is 19.0 Å². The van der Waals surface area contributed by atoms with Gasteiger partial charge in [-0.2, -0.15) is 4.98 Å². The molecule has 1 heterocycles. The zero-order chi connectivity index (χ0) is 19.4. The van der Waals surface area contributed by atoms with Crippen LogP contribution in [-0.2, 0) is 4.79 Å². The number of carboxylic acid groups (broad SMARTS) is 1. The Balaban J connectivity index is 2.04. The van der Waals surface area contributed by atoms with Gasteiger partial charge in [0.2, 0.25) is 5.88 Å². The first-order valence-electron chi connectivity index (χ1n) is 9.84. The highest BCUT2D eigenvalue weighted by Gasteiger charge is 2.30. The Morgan fingerprint density at radius 2 is 1.63 bits per heavy atom. The number of amides is 1. The van der Waals surface area contributed by atoms with E-state index in [1.165, 1.54) is 0 Å². The molecule has 0 saturated heterocycles. The number of hydrogen-bond acceptors (Lipinski definition) is 5. The number of carbonyl (C=O) groups is 2. The number of nitrogens with zero attached hydrogens (tertiary/aromatic N) is 2. The maximum Gasteiger partial charge on any atom is 0.322 e. The largest absolute Gasteiger partial charge is 0.493 e. The van der Waals surface area contributed by atoms with Crippen molar-refractivity contribution in [2.24, 2.45) is 0 Å². The van der Waals surface area contributed by atoms with E-state index >= 15 is 0 Å². The number of nitrogens with one attached hydrogen (secondary N) is 1. The molecule has 2 fully saturated rings. The van der Waals surface area contributed by atoms with Crippen molar-refractivity contribution >= 4 is 11.9 Å². The normalized spacial score (nSPS) is 19.0. The summed E-state index contributed by atoms with van der Waals surface area (Å²) in [7, 11) is 0. The Labute approximate surface area is 157 Å². The summed E-state index contributed by atoms with van der Waals surface area (Å²) in [6.07, 6.45) is 9.98. The molecule has 0 radical (unpaired) electrons. The molecule has 2 saturated carbocycles. The molecule has 2 aliphatic rings. The third-order valence-electron chi connectivity index (χ3n) is 5.66. The van der Waals surface area contributed by atoms with Crippen LogP contribution < -0.4 is 10.9 Å². The Hall–Kier alpha value is -2.38. The molecule has 27 heavy (non-hydrogen) atoms. The lowest BCUT2D eigenvalue weighted by Crippen LogP contribution is -2.39. The Morgan fingerprint density at radius 3 is 2.22 bits per heavy atom. The van der Waals surface area contributed by atoms with Crippen LogP contribution in [0.3, 0.4) is 0 Å². The lowest BCUT2D eigenvalue weighted by Gasteiger charge is -2.30. The number of rotatable bonds is 5. The van der Waals surface area contributed by atoms with E-state index in [1.54, 1.807) is 4.57 Å². The Kier molecular flexibility index (Phi) is 6.13. The van der Waals surface area contributed by atoms with Gasteiger partial charge < -0.3 is 15.5 Å². The summed E-state index contributed by atoms with van der Waals surface area (Å²) >= 11 is 0. The van der Waals surface area contributed by atoms with E-state index in [1.807, 2.05) is 0 Å². The molecule has 148 valence electrons. The summed E-state index contributed by atoms with van der Waals surface area (Å²) in [6, 6.07) is -0.0256. The van der Waals surface area contributed by atoms with Crippen LogP contribution in [0.5, 0.6) is 5.88 Å². The highest BCUT2D eigenvalue weighted by Crippen LogP contribution is 2.36. The average Bonchev–Trinajstić information content (AvgIpc) is 2.67. The molecule has 1 aromatic rings. The van der Waals surface area contributed by atoms with Crippen LogP contribution in [0.15, 0.2) is 4.79 Å². The SMILES string of the molecule is O=C(O)CNC(=O)c1c(O)nc(C2CCCCC2)n(C2CCCCC2)c1=O. The number of carboxylic acids is 1. The predicted octanol–water partition coefficient (Wildman–Crippen LogP) is 2.32. The molecule has 0 aromatic carbocycles. The second-order valence-electron chi connectivity index (χ2n) is 7.55. The second kappa shape index (κ2) is 8.54. The monoisotopic (exact) mass is 377 g/mol. The van der Waals surface area contributed by atoms with Crippen LogP contribution in [0, 0.1) is 0 Å². The highest BCUT2D eigenvalue weighted by atomic mass is 16.4. The number of aromatic nitrogens is 2. The van der Waals surface area contributed by atoms with Gasteiger partial charge >= 0.3 is 5.97 Å². The fraction of sp³-hybridized carbons (Fsp3) is 0.684. The van der Waals surface area contributed by atoms with Gasteiger partial charge in [0.05, 0.1) is 0 Å². The number of aromatic hydroxyl groups is 1. The van der Waals surface area contributed by atoms with Crippen LogP contribution >= 0.6 is 0 Å². The number of hydrogen-bond donors (Lipinski definition) is 3. The van der Waals surface area contributed by atoms with Gasteiger partial charge in [0.25, 0.3) is 11.5 Å². The summed E-state index contributed by atoms with van der Waals surface area (Å²) in [6.45, 7) is -0.620. The lowest BCUT2D eigenvalue weighted by atomic mass is 9.87. The number of carbonyl (C=O) groups excluding carboxylic acids is 1. The van der Waals surface area contributed by atoms with Crippen molar-refractivity contribution in [3.8, 4) is 5.88 Å². The van der Waals surface area contributed by atoms with Crippen LogP contribution in [0.25, 0.3) is 0 Å². The summed E-state index contributed by atoms with van der Waals surface area (Å²) in [5.74, 6) is -2.03. The summed E-state index contributed by atoms with van der Waals surface area (Å²) in [5.41, 5.74) is -1.01. The van der Waals surface area contributed by atoms with Crippen molar-refractivity contribution in [3.63, 3.8) is 0 Å². The quantitative estimate of drug-likeness (QED) is 0.724. The van der Waals surface area contributed by atoms with Gasteiger partial charge in [-0.15, -0.1) is 0 Å². The maximum absolute atomic E-state index is 13.2. The third-order valence-corrected chi connectivity index (χ3v) is 5.66. The van der Waals surface area contributed by atoms with Crippen molar-refractivity contribution in [2.45, 2.75) is 76.2 Å². The topological polar surface area (TPSA) is 122 Å². The van der Waals surface area contributed by atoms with Gasteiger partial charge in [-0.05, 0) is 25.7 Å². The minimum Gasteiger partial charge on any atom is -0.493 e. The van der Waals surface area contributed by atoms with E-state index in [0.29, 0.717) is 5.82 Å². The minimum absolute atomic E-state index is 0.0256. The summed E-state index contributed by atoms with van der Waals surface area (Å²) in [4.78, 5) is 40.5. The molecule has 2 aliphatic carbocycles. The molecule has 0 bridgehead atoms. The molecule has 8 heteroatoms. The van der Waals surface area contributed by atoms with Gasteiger partial charge in [0.1, 0.15) is 12.4 Å². The highest BCUT2D eigenvalue weighted by molar-refractivity contribution is 5.97. The molecule has 0 unspecified atom stereocenters. The standard InChI is InChI=1S/C19H27N3O5/c23-14(24)11-20-17(25)15-18(26)21-16(12-7-3-1-4-8-12)22(19(15)27)13-9-5-2-6-10-13/h12-13,26H,1-11H2,(H,20,25)(H,23,24). The van der Waals surface area contributed by atoms with Crippen molar-refractivity contribution < 1.29 is 19.8 Å². The molecule has 3 N–H and O–H groups in total. The van der Waals surface area contributed by atoms with E-state index in [2.05, 4.69) is 10.3 Å². The average molecular weight is 377 g/mol. The van der Waals surface area contributed by atoms with E-state index in [4.69, 9.17) is 5.11 Å². The molecule has 1 amide bonds. The summed E-state index contributed by atoms with van der Waals surface area (Å²) in [5, 5.41) is 21.2. The van der Waals surface area contributed by atoms with Gasteiger partial charge in [0, 0.05) is 12.0 Å². The van der Waals surface area contributed by atoms with E-state index in [0.717, 1.165) is 64.2 Å². The third kappa shape index (κ3) is 4.31. The van der Waals surface area contributed by atoms with Crippen molar-refractivity contribution in [2.75, 3.05) is 6.54 Å². The van der Waals surface area contributed by atoms with Crippen molar-refractivity contribution in [1.29, 1.82) is 0 Å². The zero-order valence-corrected chi connectivity index (χ0v) is 15.4. The molecule has 1 aromatic heterocycles. The fourth-order valence-corrected chi connectivity index (χ4v) is 4.32. The maximum atomic E-state index is 13.2. The number of aliphatic carboxylic acids is 1. The van der Waals surface area contributed by atoms with Gasteiger partial charge in [-0.25, -0.2) is 0 Å². The molecule has 0 spiro atoms. The molecule has 0 atom stereocenters. The first-order chi connectivity index (χ1) is 13.0. The first kappa shape index (κ1) is 19.4. The van der Waals surface area contributed by atoms with Crippen molar-refractivity contribution in [1.82, 2.24) is 14.9 Å². The van der Waals surface area contributed by atoms with Crippen LogP contribution in [-0.4, -0.2) is 38.2 Å². The van der Waals surface area contributed by atoms with Crippen molar-refractivity contribution in [3.05, 3.63) is 21.7 Å². The predicted molar refractivity (Wildman–Crippen MR) is 98.1 cm³/mol. The van der Waals surface area contributed by atoms with Gasteiger partial charge in [0.15, 0.2) is 5.56 Å². The molecule has 8 nitrogen and oxygen atoms in total. The van der Waals surface area contributed by atoms with E-state index < -0.39 is 35.4 Å². The smallest absolute Gasteiger partial charge is 0.322 e. The molecular weight excluding hydrogens is 350 g/mol. The van der Waals surface area contributed by atoms with Crippen LogP contribution in [0.4, 0.5) is 0 Å². The summed E-state index contributed by atoms with van der Waals surface area (Å²) < 4.78 is 1.63. The molecule has 0 aliphatic heterocycles. The fourth-order valence-electron chi connectivity index (χ4n) is 4.32. The van der Waals surface area contributed by atoms with E-state index in [9.17, 15) is 19.5 Å². The molecular formula is C19H27N3O5. The first-order valence-corrected chi connectivity index (χ1v) is 9.84. The zero-order valence-electron chi connectivity index (χ0n) is 15.4.